The monoisotopic (exact) mass is 686 g/mol. The van der Waals surface area contributed by atoms with Gasteiger partial charge in [0.25, 0.3) is 5.91 Å². The number of aromatic nitrogens is 2. The first-order valence-electron chi connectivity index (χ1n) is 14.6. The third-order valence-corrected chi connectivity index (χ3v) is 10.6. The summed E-state index contributed by atoms with van der Waals surface area (Å²) < 4.78 is 40.4. The van der Waals surface area contributed by atoms with E-state index < -0.39 is 48.6 Å². The van der Waals surface area contributed by atoms with E-state index in [-0.39, 0.29) is 28.8 Å². The van der Waals surface area contributed by atoms with Gasteiger partial charge in [-0.3, -0.25) is 23.7 Å². The summed E-state index contributed by atoms with van der Waals surface area (Å²) in [5.41, 5.74) is -4.27. The molecule has 0 radical (unpaired) electrons. The molecule has 2 saturated heterocycles. The van der Waals surface area contributed by atoms with Crippen molar-refractivity contribution < 1.29 is 42.3 Å². The quantitative estimate of drug-likeness (QED) is 0.221. The van der Waals surface area contributed by atoms with Crippen LogP contribution in [-0.4, -0.2) is 84.6 Å². The zero-order chi connectivity index (χ0) is 33.7. The largest absolute Gasteiger partial charge is 0.399 e. The highest BCUT2D eigenvalue weighted by Crippen LogP contribution is 2.59. The van der Waals surface area contributed by atoms with Gasteiger partial charge in [-0.05, 0) is 61.0 Å². The van der Waals surface area contributed by atoms with Crippen molar-refractivity contribution in [3.63, 3.8) is 0 Å². The molecule has 3 atom stereocenters. The minimum Gasteiger partial charge on any atom is -0.340 e. The van der Waals surface area contributed by atoms with Crippen LogP contribution in [0.2, 0.25) is 0 Å². The van der Waals surface area contributed by atoms with Crippen molar-refractivity contribution in [2.45, 2.75) is 50.0 Å². The van der Waals surface area contributed by atoms with E-state index in [0.29, 0.717) is 41.7 Å². The first-order valence-corrected chi connectivity index (χ1v) is 17.0. The first-order chi connectivity index (χ1) is 22.2. The summed E-state index contributed by atoms with van der Waals surface area (Å²) in [5.74, 6) is -1.96. The second-order valence-corrected chi connectivity index (χ2v) is 14.2. The van der Waals surface area contributed by atoms with E-state index in [4.69, 9.17) is 9.79 Å². The number of alkyl halides is 2. The van der Waals surface area contributed by atoms with E-state index >= 15 is 0 Å². The number of amides is 4. The summed E-state index contributed by atoms with van der Waals surface area (Å²) in [5, 5.41) is 14.5. The fourth-order valence-electron chi connectivity index (χ4n) is 6.05. The van der Waals surface area contributed by atoms with Gasteiger partial charge in [-0.1, -0.05) is 12.1 Å². The Morgan fingerprint density at radius 3 is 2.57 bits per heavy atom. The molecule has 4 aromatic rings. The average molecular weight is 687 g/mol. The molecule has 4 amide bonds. The smallest absolute Gasteiger partial charge is 0.340 e. The van der Waals surface area contributed by atoms with Gasteiger partial charge in [-0.2, -0.15) is 19.0 Å². The highest BCUT2D eigenvalue weighted by atomic mass is 32.1. The lowest BCUT2D eigenvalue weighted by Gasteiger charge is -2.38. The molecule has 0 saturated carbocycles. The van der Waals surface area contributed by atoms with Crippen molar-refractivity contribution in [3.05, 3.63) is 65.2 Å². The van der Waals surface area contributed by atoms with Crippen LogP contribution in [0.1, 0.15) is 41.4 Å². The number of carbonyl (C=O) groups excluding carboxylic acids is 4. The maximum Gasteiger partial charge on any atom is 0.399 e. The number of fused-ring (bicyclic) bond motifs is 3. The summed E-state index contributed by atoms with van der Waals surface area (Å²) in [6, 6.07) is 8.85. The van der Waals surface area contributed by atoms with Gasteiger partial charge in [-0.25, -0.2) is 0 Å². The Kier molecular flexibility index (Phi) is 8.55. The second-order valence-electron chi connectivity index (χ2n) is 11.5. The lowest BCUT2D eigenvalue weighted by molar-refractivity contribution is -0.143. The second kappa shape index (κ2) is 12.3. The molecule has 4 N–H and O–H groups in total. The summed E-state index contributed by atoms with van der Waals surface area (Å²) >= 11 is 0.935. The number of rotatable bonds is 6. The zero-order valence-electron chi connectivity index (χ0n) is 24.8. The van der Waals surface area contributed by atoms with Crippen molar-refractivity contribution in [1.29, 1.82) is 0 Å². The van der Waals surface area contributed by atoms with E-state index in [1.54, 1.807) is 30.5 Å². The molecule has 2 aromatic heterocycles. The van der Waals surface area contributed by atoms with Crippen molar-refractivity contribution in [2.24, 2.45) is 0 Å². The predicted molar refractivity (Wildman–Crippen MR) is 168 cm³/mol. The van der Waals surface area contributed by atoms with E-state index in [0.717, 1.165) is 28.9 Å². The van der Waals surface area contributed by atoms with Gasteiger partial charge in [0.2, 0.25) is 17.7 Å². The molecule has 4 heterocycles. The maximum absolute atomic E-state index is 14.3. The van der Waals surface area contributed by atoms with Crippen LogP contribution < -0.4 is 10.6 Å². The highest BCUT2D eigenvalue weighted by molar-refractivity contribution is 7.52. The van der Waals surface area contributed by atoms with Crippen molar-refractivity contribution in [3.8, 4) is 0 Å². The van der Waals surface area contributed by atoms with Crippen molar-refractivity contribution >= 4 is 69.2 Å². The lowest BCUT2D eigenvalue weighted by Crippen LogP contribution is -2.60. The number of halogens is 2. The summed E-state index contributed by atoms with van der Waals surface area (Å²) in [7, 11) is -5.80. The lowest BCUT2D eigenvalue weighted by atomic mass is 10.1. The Morgan fingerprint density at radius 1 is 1.04 bits per heavy atom. The predicted octanol–water partition coefficient (Wildman–Crippen LogP) is 3.42. The molecule has 246 valence electrons. The summed E-state index contributed by atoms with van der Waals surface area (Å²) in [4.78, 5) is 74.8. The topological polar surface area (TPSA) is 182 Å². The molecule has 0 spiro atoms. The molecular formula is C30H29F2N6O7PS. The van der Waals surface area contributed by atoms with Gasteiger partial charge in [0.05, 0.1) is 16.6 Å². The summed E-state index contributed by atoms with van der Waals surface area (Å²) in [6.07, 6.45) is 2.88. The normalized spacial score (nSPS) is 20.5. The summed E-state index contributed by atoms with van der Waals surface area (Å²) in [6.45, 7) is 1.51. The number of anilines is 1. The van der Waals surface area contributed by atoms with Crippen LogP contribution in [0.4, 0.5) is 14.5 Å². The fourth-order valence-corrected chi connectivity index (χ4v) is 7.47. The molecule has 0 bridgehead atoms. The maximum atomic E-state index is 14.3. The molecule has 2 fully saturated rings. The molecule has 1 unspecified atom stereocenters. The Hall–Kier alpha value is -4.37. The van der Waals surface area contributed by atoms with Crippen LogP contribution in [0.25, 0.3) is 21.0 Å². The highest BCUT2D eigenvalue weighted by Gasteiger charge is 2.50. The minimum atomic E-state index is -5.80. The van der Waals surface area contributed by atoms with Gasteiger partial charge in [-0.15, -0.1) is 11.3 Å². The molecule has 2 aliphatic heterocycles. The van der Waals surface area contributed by atoms with Gasteiger partial charge < -0.3 is 30.2 Å². The number of nitrogens with zero attached hydrogens (tertiary/aromatic N) is 4. The minimum absolute atomic E-state index is 0.0487. The molecule has 13 nitrogen and oxygen atoms in total. The van der Waals surface area contributed by atoms with Crippen LogP contribution in [0, 0.1) is 0 Å². The third kappa shape index (κ3) is 6.33. The molecule has 6 rings (SSSR count). The number of carbonyl (C=O) groups is 4. The fraction of sp³-hybridized carbons (Fsp3) is 0.333. The standard InChI is InChI=1S/C30H29F2N6O7PS/c1-16(39)37-11-9-21-5-6-24(27(40)34-20-4-2-17-8-10-33-36-22(17)14-20)38(21)29(42)23(15-37)35-28(41)26-13-18-12-19(3-7-25(18)47-26)30(31,32)46(43,44)45/h2-4,7-8,10,12-14,21,23-24H,5-6,9,11,15H2,1H3,(H,34,40)(H,35,41)(H2,43,44,45)/t21-,23?,24+/m1/s1. The van der Waals surface area contributed by atoms with E-state index in [2.05, 4.69) is 20.8 Å². The number of nitrogens with one attached hydrogen (secondary N) is 2. The number of hydrogen-bond donors (Lipinski definition) is 4. The third-order valence-electron chi connectivity index (χ3n) is 8.48. The van der Waals surface area contributed by atoms with Crippen molar-refractivity contribution in [1.82, 2.24) is 25.3 Å². The van der Waals surface area contributed by atoms with Crippen LogP contribution in [0.5, 0.6) is 0 Å². The van der Waals surface area contributed by atoms with Gasteiger partial charge >= 0.3 is 13.3 Å². The number of thiophene rings is 1. The van der Waals surface area contributed by atoms with Crippen LogP contribution in [0.15, 0.2) is 54.7 Å². The Labute approximate surface area is 270 Å². The Balaban J connectivity index is 1.24. The SMILES string of the molecule is CC(=O)N1CC[C@H]2CC[C@@H](C(=O)Nc3ccc4ccnnc4c3)N2C(=O)C(NC(=O)c2cc3cc(C(F)(F)P(=O)(O)O)ccc3s2)C1. The first kappa shape index (κ1) is 32.6. The Morgan fingerprint density at radius 2 is 1.83 bits per heavy atom. The van der Waals surface area contributed by atoms with E-state index in [1.165, 1.54) is 28.9 Å². The van der Waals surface area contributed by atoms with E-state index in [9.17, 15) is 32.5 Å². The number of hydrogen-bond acceptors (Lipinski definition) is 8. The van der Waals surface area contributed by atoms with Crippen molar-refractivity contribution in [2.75, 3.05) is 18.4 Å². The molecule has 0 aliphatic carbocycles. The van der Waals surface area contributed by atoms with Crippen LogP contribution in [-0.2, 0) is 24.6 Å². The van der Waals surface area contributed by atoms with Crippen LogP contribution >= 0.6 is 18.9 Å². The van der Waals surface area contributed by atoms with Gasteiger partial charge in [0, 0.05) is 47.4 Å². The molecule has 47 heavy (non-hydrogen) atoms. The molecule has 2 aliphatic rings. The molecule has 17 heteroatoms. The van der Waals surface area contributed by atoms with Gasteiger partial charge in [0.1, 0.15) is 12.1 Å². The van der Waals surface area contributed by atoms with E-state index in [1.807, 2.05) is 0 Å². The Bertz CT molecular complexity index is 1970. The van der Waals surface area contributed by atoms with Gasteiger partial charge in [0.15, 0.2) is 0 Å². The zero-order valence-corrected chi connectivity index (χ0v) is 26.5. The van der Waals surface area contributed by atoms with Crippen LogP contribution in [0.3, 0.4) is 0 Å². The number of benzene rings is 2. The molecular weight excluding hydrogens is 657 g/mol. The molecule has 2 aromatic carbocycles. The average Bonchev–Trinajstić information content (AvgIpc) is 3.64.